The maximum atomic E-state index is 9.86. The van der Waals surface area contributed by atoms with Crippen molar-refractivity contribution in [1.82, 2.24) is 0 Å². The summed E-state index contributed by atoms with van der Waals surface area (Å²) in [5, 5.41) is 47.6. The highest BCUT2D eigenvalue weighted by molar-refractivity contribution is 4.89. The van der Waals surface area contributed by atoms with Gasteiger partial charge < -0.3 is 39.7 Å². The topological polar surface area (TPSA) is 129 Å². The van der Waals surface area contributed by atoms with E-state index in [1.807, 2.05) is 0 Å². The van der Waals surface area contributed by atoms with Gasteiger partial charge in [-0.25, -0.2) is 0 Å². The summed E-state index contributed by atoms with van der Waals surface area (Å²) >= 11 is 0. The normalized spacial score (nSPS) is 50.1. The van der Waals surface area contributed by atoms with Gasteiger partial charge in [0.1, 0.15) is 24.4 Å². The third-order valence-electron chi connectivity index (χ3n) is 3.75. The minimum absolute atomic E-state index is 0.395. The second-order valence-corrected chi connectivity index (χ2v) is 5.25. The number of aliphatic hydroxyl groups is 5. The van der Waals surface area contributed by atoms with Crippen molar-refractivity contribution in [3.63, 3.8) is 0 Å². The lowest BCUT2D eigenvalue weighted by atomic mass is 9.99. The zero-order chi connectivity index (χ0) is 14.9. The summed E-state index contributed by atoms with van der Waals surface area (Å²) in [4.78, 5) is 0. The summed E-state index contributed by atoms with van der Waals surface area (Å²) < 4.78 is 16.0. The second kappa shape index (κ2) is 6.63. The predicted molar refractivity (Wildman–Crippen MR) is 64.4 cm³/mol. The molecule has 0 aliphatic carbocycles. The van der Waals surface area contributed by atoms with Crippen molar-refractivity contribution in [3.05, 3.63) is 0 Å². The molecule has 5 N–H and O–H groups in total. The molecule has 118 valence electrons. The Balaban J connectivity index is 1.97. The lowest BCUT2D eigenvalue weighted by Crippen LogP contribution is -2.60. The first-order chi connectivity index (χ1) is 9.43. The molecule has 2 aliphatic rings. The zero-order valence-electron chi connectivity index (χ0n) is 11.2. The molecule has 0 saturated carbocycles. The van der Waals surface area contributed by atoms with Gasteiger partial charge in [-0.05, 0) is 13.3 Å². The van der Waals surface area contributed by atoms with E-state index >= 15 is 0 Å². The van der Waals surface area contributed by atoms with E-state index in [1.54, 1.807) is 6.92 Å². The molecular formula is C12H22O8. The Labute approximate surface area is 116 Å². The molecule has 0 aromatic rings. The zero-order valence-corrected chi connectivity index (χ0v) is 11.2. The van der Waals surface area contributed by atoms with Gasteiger partial charge in [0, 0.05) is 6.42 Å². The number of hydrogen-bond donors (Lipinski definition) is 5. The van der Waals surface area contributed by atoms with Crippen LogP contribution in [0.15, 0.2) is 0 Å². The second-order valence-electron chi connectivity index (χ2n) is 5.25. The lowest BCUT2D eigenvalue weighted by Gasteiger charge is -2.42. The maximum Gasteiger partial charge on any atom is 0.187 e. The van der Waals surface area contributed by atoms with Gasteiger partial charge in [-0.3, -0.25) is 0 Å². The highest BCUT2D eigenvalue weighted by Crippen LogP contribution is 2.27. The SMILES string of the molecule is C[C@H]1O[C@@H](O)CC[C@@H]1O[C@@H]1O[C@H](CO)[C@@H](O)[C@@H](O)[C@H]1O. The van der Waals surface area contributed by atoms with Crippen LogP contribution in [0.4, 0.5) is 0 Å². The first kappa shape index (κ1) is 16.1. The molecule has 2 fully saturated rings. The van der Waals surface area contributed by atoms with Crippen molar-refractivity contribution in [3.8, 4) is 0 Å². The molecule has 2 heterocycles. The van der Waals surface area contributed by atoms with Crippen molar-refractivity contribution in [1.29, 1.82) is 0 Å². The van der Waals surface area contributed by atoms with Crippen LogP contribution < -0.4 is 0 Å². The number of hydrogen-bond acceptors (Lipinski definition) is 8. The summed E-state index contributed by atoms with van der Waals surface area (Å²) in [5.41, 5.74) is 0. The number of aliphatic hydroxyl groups excluding tert-OH is 5. The molecular weight excluding hydrogens is 272 g/mol. The van der Waals surface area contributed by atoms with Gasteiger partial charge in [-0.1, -0.05) is 0 Å². The van der Waals surface area contributed by atoms with E-state index in [1.165, 1.54) is 0 Å². The third kappa shape index (κ3) is 3.29. The number of ether oxygens (including phenoxy) is 3. The summed E-state index contributed by atoms with van der Waals surface area (Å²) in [7, 11) is 0. The van der Waals surface area contributed by atoms with Crippen molar-refractivity contribution in [2.45, 2.75) is 69.0 Å². The Bertz CT molecular complexity index is 312. The summed E-state index contributed by atoms with van der Waals surface area (Å²) in [6.45, 7) is 1.22. The molecule has 0 spiro atoms. The van der Waals surface area contributed by atoms with Crippen LogP contribution >= 0.6 is 0 Å². The molecule has 2 rings (SSSR count). The minimum Gasteiger partial charge on any atom is -0.394 e. The highest BCUT2D eigenvalue weighted by Gasteiger charge is 2.45. The molecule has 0 aromatic heterocycles. The maximum absolute atomic E-state index is 9.86. The molecule has 0 bridgehead atoms. The number of rotatable bonds is 3. The fourth-order valence-electron chi connectivity index (χ4n) is 2.48. The first-order valence-electron chi connectivity index (χ1n) is 6.73. The molecule has 0 unspecified atom stereocenters. The van der Waals surface area contributed by atoms with Gasteiger partial charge in [0.2, 0.25) is 0 Å². The van der Waals surface area contributed by atoms with Crippen molar-refractivity contribution >= 4 is 0 Å². The van der Waals surface area contributed by atoms with Gasteiger partial charge in [-0.2, -0.15) is 0 Å². The molecule has 2 saturated heterocycles. The Hall–Kier alpha value is -0.320. The van der Waals surface area contributed by atoms with Crippen molar-refractivity contribution in [2.24, 2.45) is 0 Å². The van der Waals surface area contributed by atoms with Gasteiger partial charge in [0.25, 0.3) is 0 Å². The van der Waals surface area contributed by atoms with Crippen LogP contribution in [0.5, 0.6) is 0 Å². The monoisotopic (exact) mass is 294 g/mol. The Morgan fingerprint density at radius 2 is 1.70 bits per heavy atom. The van der Waals surface area contributed by atoms with Crippen LogP contribution in [0.25, 0.3) is 0 Å². The minimum atomic E-state index is -1.46. The van der Waals surface area contributed by atoms with Crippen LogP contribution in [0, 0.1) is 0 Å². The third-order valence-corrected chi connectivity index (χ3v) is 3.75. The standard InChI is InChI=1S/C12H22O8/c1-5-6(2-3-8(14)18-5)19-12-11(17)10(16)9(15)7(4-13)20-12/h5-17H,2-4H2,1H3/t5-,6+,7-,8-,9-,10-,11-,12-/m1/s1. The van der Waals surface area contributed by atoms with Gasteiger partial charge >= 0.3 is 0 Å². The van der Waals surface area contributed by atoms with Crippen molar-refractivity contribution in [2.75, 3.05) is 6.61 Å². The molecule has 8 nitrogen and oxygen atoms in total. The van der Waals surface area contributed by atoms with E-state index < -0.39 is 55.8 Å². The Morgan fingerprint density at radius 1 is 1.00 bits per heavy atom. The van der Waals surface area contributed by atoms with Crippen LogP contribution in [0.3, 0.4) is 0 Å². The smallest absolute Gasteiger partial charge is 0.187 e. The first-order valence-corrected chi connectivity index (χ1v) is 6.73. The summed E-state index contributed by atoms with van der Waals surface area (Å²) in [5.74, 6) is 0. The van der Waals surface area contributed by atoms with Crippen LogP contribution in [-0.2, 0) is 14.2 Å². The van der Waals surface area contributed by atoms with Crippen LogP contribution in [-0.4, -0.2) is 81.3 Å². The molecule has 0 amide bonds. The van der Waals surface area contributed by atoms with Gasteiger partial charge in [0.15, 0.2) is 12.6 Å². The molecule has 2 aliphatic heterocycles. The molecule has 0 radical (unpaired) electrons. The highest BCUT2D eigenvalue weighted by atomic mass is 16.7. The lowest BCUT2D eigenvalue weighted by molar-refractivity contribution is -0.327. The summed E-state index contributed by atoms with van der Waals surface area (Å²) in [6.07, 6.45) is -7.20. The van der Waals surface area contributed by atoms with E-state index in [4.69, 9.17) is 19.3 Å². The van der Waals surface area contributed by atoms with Crippen molar-refractivity contribution < 1.29 is 39.7 Å². The van der Waals surface area contributed by atoms with Gasteiger partial charge in [-0.15, -0.1) is 0 Å². The van der Waals surface area contributed by atoms with E-state index in [-0.39, 0.29) is 0 Å². The van der Waals surface area contributed by atoms with E-state index in [0.717, 1.165) is 0 Å². The Morgan fingerprint density at radius 3 is 2.30 bits per heavy atom. The predicted octanol–water partition coefficient (Wildman–Crippen LogP) is -2.31. The summed E-state index contributed by atoms with van der Waals surface area (Å²) in [6, 6.07) is 0. The fourth-order valence-corrected chi connectivity index (χ4v) is 2.48. The quantitative estimate of drug-likeness (QED) is 0.393. The van der Waals surface area contributed by atoms with Gasteiger partial charge in [0.05, 0.1) is 18.8 Å². The fraction of sp³-hybridized carbons (Fsp3) is 1.00. The average molecular weight is 294 g/mol. The molecule has 8 heteroatoms. The van der Waals surface area contributed by atoms with E-state index in [0.29, 0.717) is 12.8 Å². The molecule has 20 heavy (non-hydrogen) atoms. The van der Waals surface area contributed by atoms with Crippen LogP contribution in [0.2, 0.25) is 0 Å². The largest absolute Gasteiger partial charge is 0.394 e. The average Bonchev–Trinajstić information content (AvgIpc) is 2.42. The van der Waals surface area contributed by atoms with E-state index in [2.05, 4.69) is 0 Å². The molecule has 0 aromatic carbocycles. The molecule has 8 atom stereocenters. The Kier molecular flexibility index (Phi) is 5.32. The van der Waals surface area contributed by atoms with E-state index in [9.17, 15) is 20.4 Å². The van der Waals surface area contributed by atoms with Crippen LogP contribution in [0.1, 0.15) is 19.8 Å².